The van der Waals surface area contributed by atoms with Gasteiger partial charge in [-0.05, 0) is 64.4 Å². The molecular weight excluding hydrogens is 535 g/mol. The van der Waals surface area contributed by atoms with Gasteiger partial charge in [0.15, 0.2) is 5.78 Å². The first-order chi connectivity index (χ1) is 20.2. The number of allylic oxidation sites excluding steroid dienone is 2. The van der Waals surface area contributed by atoms with Gasteiger partial charge >= 0.3 is 5.97 Å². The van der Waals surface area contributed by atoms with Crippen molar-refractivity contribution in [2.24, 2.45) is 17.3 Å². The van der Waals surface area contributed by atoms with E-state index in [2.05, 4.69) is 17.1 Å². The third kappa shape index (κ3) is 5.01. The Morgan fingerprint density at radius 3 is 2.86 bits per heavy atom. The van der Waals surface area contributed by atoms with Gasteiger partial charge in [0, 0.05) is 29.7 Å². The Balaban J connectivity index is 1.34. The normalized spacial score (nSPS) is 32.3. The van der Waals surface area contributed by atoms with Crippen LogP contribution in [0.25, 0.3) is 10.9 Å². The summed E-state index contributed by atoms with van der Waals surface area (Å²) in [6, 6.07) is 4.29. The number of para-hydroxylation sites is 1. The summed E-state index contributed by atoms with van der Waals surface area (Å²) < 4.78 is 26.8. The first kappa shape index (κ1) is 28.8. The molecule has 7 nitrogen and oxygen atoms in total. The molecule has 1 spiro atoms. The summed E-state index contributed by atoms with van der Waals surface area (Å²) in [6.45, 7) is 6.13. The minimum absolute atomic E-state index is 0.0238. The number of aryl methyl sites for hydroxylation is 2. The van der Waals surface area contributed by atoms with Crippen LogP contribution in [-0.2, 0) is 25.5 Å². The maximum atomic E-state index is 14.6. The van der Waals surface area contributed by atoms with Crippen molar-refractivity contribution in [3.63, 3.8) is 0 Å². The summed E-state index contributed by atoms with van der Waals surface area (Å²) in [7, 11) is 0. The monoisotopic (exact) mass is 576 g/mol. The zero-order chi connectivity index (χ0) is 29.6. The smallest absolute Gasteiger partial charge is 0.313 e. The predicted molar refractivity (Wildman–Crippen MR) is 156 cm³/mol. The van der Waals surface area contributed by atoms with Crippen LogP contribution in [-0.4, -0.2) is 52.3 Å². The second kappa shape index (κ2) is 11.1. The van der Waals surface area contributed by atoms with Crippen molar-refractivity contribution in [2.45, 2.75) is 96.6 Å². The first-order valence-corrected chi connectivity index (χ1v) is 15.6. The molecule has 8 heteroatoms. The van der Waals surface area contributed by atoms with E-state index >= 15 is 0 Å². The van der Waals surface area contributed by atoms with Gasteiger partial charge in [-0.15, -0.1) is 0 Å². The van der Waals surface area contributed by atoms with Crippen LogP contribution in [0.4, 0.5) is 4.39 Å². The van der Waals surface area contributed by atoms with Gasteiger partial charge in [-0.2, -0.15) is 0 Å². The predicted octanol–water partition coefficient (Wildman–Crippen LogP) is 6.03. The third-order valence-corrected chi connectivity index (χ3v) is 10.0. The molecule has 4 aliphatic rings. The SMILES string of the molecule is CCOC(=O)[C@]12CC(=O)[C@@H]3C[C@]4(CCc5c(c(C)nc6c(F)cccc56)O4)CN3C(=O)[C@@H](C)CCCCC/C=C\[C@@H]1C2. The Morgan fingerprint density at radius 2 is 2.05 bits per heavy atom. The molecule has 0 N–H and O–H groups in total. The standard InChI is InChI=1S/C34H41FN2O5/c1-4-41-32(40)34-17-23(34)12-9-7-5-6-8-11-21(2)31(39)37-20-33(18-27(37)28(38)19-34)16-15-25-24-13-10-14-26(35)29(24)36-22(3)30(25)42-33/h9-10,12-14,21,23,27H,4-8,11,15-20H2,1-3H3/b12-9-/t21-,23+,27-,33+,34+/m0/s1. The topological polar surface area (TPSA) is 85.8 Å². The third-order valence-electron chi connectivity index (χ3n) is 10.0. The fraction of sp³-hybridized carbons (Fsp3) is 0.588. The number of fused-ring (bicyclic) bond motifs is 5. The lowest BCUT2D eigenvalue weighted by Gasteiger charge is -2.36. The van der Waals surface area contributed by atoms with Crippen LogP contribution < -0.4 is 4.74 Å². The minimum atomic E-state index is -0.858. The molecule has 4 heterocycles. The maximum absolute atomic E-state index is 14.6. The van der Waals surface area contributed by atoms with Crippen LogP contribution in [0.5, 0.6) is 5.75 Å². The lowest BCUT2D eigenvalue weighted by molar-refractivity contribution is -0.152. The highest BCUT2D eigenvalue weighted by Crippen LogP contribution is 2.58. The van der Waals surface area contributed by atoms with E-state index in [0.29, 0.717) is 49.2 Å². The number of hydrogen-bond acceptors (Lipinski definition) is 6. The zero-order valence-electron chi connectivity index (χ0n) is 24.9. The van der Waals surface area contributed by atoms with Crippen molar-refractivity contribution in [3.05, 3.63) is 47.4 Å². The summed E-state index contributed by atoms with van der Waals surface area (Å²) in [5.74, 6) is -0.416. The molecule has 1 saturated carbocycles. The number of pyridine rings is 1. The number of ether oxygens (including phenoxy) is 2. The van der Waals surface area contributed by atoms with Gasteiger partial charge in [0.05, 0.1) is 30.3 Å². The molecule has 224 valence electrons. The molecule has 0 unspecified atom stereocenters. The van der Waals surface area contributed by atoms with E-state index < -0.39 is 17.1 Å². The lowest BCUT2D eigenvalue weighted by Crippen LogP contribution is -2.46. The van der Waals surface area contributed by atoms with E-state index in [4.69, 9.17) is 9.47 Å². The van der Waals surface area contributed by atoms with Crippen molar-refractivity contribution >= 4 is 28.6 Å². The van der Waals surface area contributed by atoms with Crippen molar-refractivity contribution in [2.75, 3.05) is 13.2 Å². The van der Waals surface area contributed by atoms with E-state index in [0.717, 1.165) is 43.1 Å². The van der Waals surface area contributed by atoms with Crippen LogP contribution in [0.2, 0.25) is 0 Å². The van der Waals surface area contributed by atoms with Gasteiger partial charge in [-0.25, -0.2) is 9.37 Å². The number of rotatable bonds is 2. The summed E-state index contributed by atoms with van der Waals surface area (Å²) in [4.78, 5) is 47.5. The number of halogens is 1. The van der Waals surface area contributed by atoms with E-state index in [1.165, 1.54) is 6.07 Å². The summed E-state index contributed by atoms with van der Waals surface area (Å²) in [5.41, 5.74) is 0.257. The lowest BCUT2D eigenvalue weighted by atomic mass is 9.85. The Hall–Kier alpha value is -3.29. The fourth-order valence-corrected chi connectivity index (χ4v) is 7.51. The molecule has 1 aromatic heterocycles. The quantitative estimate of drug-likeness (QED) is 0.321. The molecule has 2 aromatic rings. The highest BCUT2D eigenvalue weighted by atomic mass is 19.1. The molecule has 5 atom stereocenters. The van der Waals surface area contributed by atoms with Crippen molar-refractivity contribution < 1.29 is 28.2 Å². The molecule has 2 fully saturated rings. The molecule has 1 aromatic carbocycles. The molecule has 0 bridgehead atoms. The first-order valence-electron chi connectivity index (χ1n) is 15.6. The zero-order valence-corrected chi connectivity index (χ0v) is 24.9. The molecule has 1 saturated heterocycles. The molecule has 1 aliphatic carbocycles. The molecule has 42 heavy (non-hydrogen) atoms. The van der Waals surface area contributed by atoms with Gasteiger partial charge in [-0.1, -0.05) is 44.1 Å². The van der Waals surface area contributed by atoms with Gasteiger partial charge in [0.2, 0.25) is 5.91 Å². The number of nitrogens with zero attached hydrogens (tertiary/aromatic N) is 2. The molecule has 6 rings (SSSR count). The molecule has 1 amide bonds. The molecule has 3 aliphatic heterocycles. The number of aromatic nitrogens is 1. The van der Waals surface area contributed by atoms with Crippen molar-refractivity contribution in [1.82, 2.24) is 9.88 Å². The minimum Gasteiger partial charge on any atom is -0.483 e. The number of amides is 1. The highest BCUT2D eigenvalue weighted by Gasteiger charge is 2.62. The van der Waals surface area contributed by atoms with Crippen LogP contribution in [0.15, 0.2) is 30.4 Å². The Morgan fingerprint density at radius 1 is 1.21 bits per heavy atom. The van der Waals surface area contributed by atoms with Crippen molar-refractivity contribution in [1.29, 1.82) is 0 Å². The number of benzene rings is 1. The number of esters is 1. The van der Waals surface area contributed by atoms with E-state index in [-0.39, 0.29) is 48.3 Å². The second-order valence-electron chi connectivity index (χ2n) is 12.9. The van der Waals surface area contributed by atoms with Crippen LogP contribution in [0, 0.1) is 30.0 Å². The Bertz CT molecular complexity index is 1460. The Kier molecular flexibility index (Phi) is 7.60. The molecule has 0 radical (unpaired) electrons. The number of carbonyl (C=O) groups excluding carboxylic acids is 3. The summed E-state index contributed by atoms with van der Waals surface area (Å²) in [5, 5.41) is 0.739. The fourth-order valence-electron chi connectivity index (χ4n) is 7.51. The van der Waals surface area contributed by atoms with E-state index in [1.807, 2.05) is 19.9 Å². The largest absolute Gasteiger partial charge is 0.483 e. The van der Waals surface area contributed by atoms with Gasteiger partial charge in [0.25, 0.3) is 0 Å². The average molecular weight is 577 g/mol. The van der Waals surface area contributed by atoms with E-state index in [1.54, 1.807) is 17.9 Å². The van der Waals surface area contributed by atoms with E-state index in [9.17, 15) is 18.8 Å². The summed E-state index contributed by atoms with van der Waals surface area (Å²) in [6.07, 6.45) is 11.2. The summed E-state index contributed by atoms with van der Waals surface area (Å²) >= 11 is 0. The molecular formula is C34H41FN2O5. The maximum Gasteiger partial charge on any atom is 0.313 e. The number of carbonyl (C=O) groups is 3. The number of ketones is 1. The van der Waals surface area contributed by atoms with Gasteiger partial charge in [0.1, 0.15) is 22.7 Å². The number of Topliss-reactive ketones (excluding diaryl/α,β-unsaturated/α-hetero) is 1. The average Bonchev–Trinajstić information content (AvgIpc) is 3.54. The second-order valence-corrected chi connectivity index (χ2v) is 12.9. The van der Waals surface area contributed by atoms with Crippen LogP contribution in [0.1, 0.15) is 82.9 Å². The van der Waals surface area contributed by atoms with Gasteiger partial charge < -0.3 is 14.4 Å². The Labute approximate surface area is 246 Å². The van der Waals surface area contributed by atoms with Crippen LogP contribution in [0.3, 0.4) is 0 Å². The number of hydrogen-bond donors (Lipinski definition) is 0. The van der Waals surface area contributed by atoms with Gasteiger partial charge in [-0.3, -0.25) is 14.4 Å². The highest BCUT2D eigenvalue weighted by molar-refractivity contribution is 5.95. The van der Waals surface area contributed by atoms with Crippen LogP contribution >= 0.6 is 0 Å². The van der Waals surface area contributed by atoms with Crippen molar-refractivity contribution in [3.8, 4) is 5.75 Å².